The lowest BCUT2D eigenvalue weighted by molar-refractivity contribution is -0.121. The Morgan fingerprint density at radius 3 is 2.23 bits per heavy atom. The number of benzene rings is 3. The topological polar surface area (TPSA) is 49.3 Å². The maximum atomic E-state index is 12.9. The van der Waals surface area contributed by atoms with Crippen molar-refractivity contribution in [2.24, 2.45) is 0 Å². The van der Waals surface area contributed by atoms with Gasteiger partial charge in [0.25, 0.3) is 0 Å². The molecule has 30 heavy (non-hydrogen) atoms. The summed E-state index contributed by atoms with van der Waals surface area (Å²) in [6, 6.07) is 24.3. The van der Waals surface area contributed by atoms with Gasteiger partial charge in [0.15, 0.2) is 0 Å². The van der Waals surface area contributed by atoms with Gasteiger partial charge in [0.1, 0.15) is 5.75 Å². The Kier molecular flexibility index (Phi) is 7.29. The van der Waals surface area contributed by atoms with Crippen LogP contribution in [0.4, 0.5) is 0 Å². The molecule has 2 N–H and O–H groups in total. The van der Waals surface area contributed by atoms with Crippen LogP contribution in [0.5, 0.6) is 5.75 Å². The predicted molar refractivity (Wildman–Crippen MR) is 123 cm³/mol. The molecule has 3 heteroatoms. The smallest absolute Gasteiger partial charge is 0.221 e. The molecule has 0 saturated carbocycles. The molecule has 0 saturated heterocycles. The lowest BCUT2D eigenvalue weighted by atomic mass is 9.86. The summed E-state index contributed by atoms with van der Waals surface area (Å²) in [5.41, 5.74) is 5.02. The van der Waals surface area contributed by atoms with Crippen LogP contribution in [0.1, 0.15) is 53.5 Å². The zero-order valence-corrected chi connectivity index (χ0v) is 18.1. The van der Waals surface area contributed by atoms with Crippen molar-refractivity contribution in [3.05, 3.63) is 101 Å². The highest BCUT2D eigenvalue weighted by Gasteiger charge is 2.23. The van der Waals surface area contributed by atoms with Gasteiger partial charge in [0, 0.05) is 23.9 Å². The molecule has 0 aliphatic carbocycles. The highest BCUT2D eigenvalue weighted by molar-refractivity contribution is 5.78. The van der Waals surface area contributed by atoms with Crippen molar-refractivity contribution in [2.75, 3.05) is 0 Å². The summed E-state index contributed by atoms with van der Waals surface area (Å²) in [5, 5.41) is 13.9. The Labute approximate surface area is 179 Å². The fraction of sp³-hybridized carbons (Fsp3) is 0.296. The molecular weight excluding hydrogens is 370 g/mol. The van der Waals surface area contributed by atoms with Gasteiger partial charge in [0.2, 0.25) is 5.91 Å². The number of carbonyl (C=O) groups excluding carboxylic acids is 1. The molecule has 0 radical (unpaired) electrons. The lowest BCUT2D eigenvalue weighted by Gasteiger charge is -2.22. The highest BCUT2D eigenvalue weighted by Crippen LogP contribution is 2.36. The SMILES string of the molecule is Cc1ccc([C@H](CC(=O)N[C@H](C)CCc2ccccc2)c2ccccc2)c(O)c1C. The minimum Gasteiger partial charge on any atom is -0.507 e. The standard InChI is InChI=1S/C27H31NO2/c1-19-14-17-24(27(30)21(19)3)25(23-12-8-5-9-13-23)18-26(29)28-20(2)15-16-22-10-6-4-7-11-22/h4-14,17,20,25,30H,15-16,18H2,1-3H3,(H,28,29)/t20-,25-/m1/s1. The molecule has 3 nitrogen and oxygen atoms in total. The molecule has 0 spiro atoms. The molecule has 0 heterocycles. The molecule has 3 aromatic carbocycles. The third-order valence-corrected chi connectivity index (χ3v) is 5.82. The molecule has 0 bridgehead atoms. The Morgan fingerprint density at radius 1 is 0.933 bits per heavy atom. The number of aryl methyl sites for hydroxylation is 2. The van der Waals surface area contributed by atoms with Crippen molar-refractivity contribution >= 4 is 5.91 Å². The first-order chi connectivity index (χ1) is 14.5. The quantitative estimate of drug-likeness (QED) is 0.511. The molecule has 0 aliphatic heterocycles. The van der Waals surface area contributed by atoms with Gasteiger partial charge in [-0.25, -0.2) is 0 Å². The number of amides is 1. The normalized spacial score (nSPS) is 12.9. The zero-order chi connectivity index (χ0) is 21.5. The molecule has 2 atom stereocenters. The van der Waals surface area contributed by atoms with E-state index < -0.39 is 0 Å². The summed E-state index contributed by atoms with van der Waals surface area (Å²) in [4.78, 5) is 12.9. The summed E-state index contributed by atoms with van der Waals surface area (Å²) >= 11 is 0. The summed E-state index contributed by atoms with van der Waals surface area (Å²) in [6.45, 7) is 5.95. The van der Waals surface area contributed by atoms with Crippen molar-refractivity contribution in [1.29, 1.82) is 0 Å². The number of carbonyl (C=O) groups is 1. The first-order valence-electron chi connectivity index (χ1n) is 10.6. The van der Waals surface area contributed by atoms with Gasteiger partial charge in [-0.05, 0) is 55.9 Å². The first kappa shape index (κ1) is 21.6. The van der Waals surface area contributed by atoms with Gasteiger partial charge < -0.3 is 10.4 Å². The average Bonchev–Trinajstić information content (AvgIpc) is 2.76. The zero-order valence-electron chi connectivity index (χ0n) is 18.1. The molecule has 156 valence electrons. The van der Waals surface area contributed by atoms with E-state index in [4.69, 9.17) is 0 Å². The van der Waals surface area contributed by atoms with Crippen molar-refractivity contribution in [2.45, 2.75) is 52.0 Å². The minimum absolute atomic E-state index is 0.00189. The summed E-state index contributed by atoms with van der Waals surface area (Å²) in [7, 11) is 0. The van der Waals surface area contributed by atoms with E-state index in [2.05, 4.69) is 17.4 Å². The minimum atomic E-state index is -0.188. The van der Waals surface area contributed by atoms with Crippen molar-refractivity contribution in [1.82, 2.24) is 5.32 Å². The van der Waals surface area contributed by atoms with Crippen LogP contribution in [-0.4, -0.2) is 17.1 Å². The fourth-order valence-electron chi connectivity index (χ4n) is 3.82. The largest absolute Gasteiger partial charge is 0.507 e. The summed E-state index contributed by atoms with van der Waals surface area (Å²) in [6.07, 6.45) is 2.12. The van der Waals surface area contributed by atoms with Crippen LogP contribution in [0.2, 0.25) is 0 Å². The van der Waals surface area contributed by atoms with Gasteiger partial charge in [-0.1, -0.05) is 72.8 Å². The number of nitrogens with one attached hydrogen (secondary N) is 1. The first-order valence-corrected chi connectivity index (χ1v) is 10.6. The molecule has 0 unspecified atom stereocenters. The van der Waals surface area contributed by atoms with Gasteiger partial charge in [-0.2, -0.15) is 0 Å². The molecule has 1 amide bonds. The molecule has 3 aromatic rings. The molecule has 0 aliphatic rings. The molecule has 3 rings (SSSR count). The maximum absolute atomic E-state index is 12.9. The molecule has 0 aromatic heterocycles. The van der Waals surface area contributed by atoms with Crippen LogP contribution in [0.25, 0.3) is 0 Å². The van der Waals surface area contributed by atoms with Crippen molar-refractivity contribution < 1.29 is 9.90 Å². The fourth-order valence-corrected chi connectivity index (χ4v) is 3.82. The second-order valence-electron chi connectivity index (χ2n) is 8.11. The van der Waals surface area contributed by atoms with Crippen LogP contribution in [0.3, 0.4) is 0 Å². The third kappa shape index (κ3) is 5.50. The van der Waals surface area contributed by atoms with E-state index in [1.165, 1.54) is 5.56 Å². The van der Waals surface area contributed by atoms with E-state index in [1.54, 1.807) is 0 Å². The molecular formula is C27H31NO2. The van der Waals surface area contributed by atoms with Crippen LogP contribution >= 0.6 is 0 Å². The number of hydrogen-bond acceptors (Lipinski definition) is 2. The van der Waals surface area contributed by atoms with E-state index in [0.717, 1.165) is 35.1 Å². The Balaban J connectivity index is 1.72. The van der Waals surface area contributed by atoms with Gasteiger partial charge in [-0.3, -0.25) is 4.79 Å². The van der Waals surface area contributed by atoms with Gasteiger partial charge >= 0.3 is 0 Å². The van der Waals surface area contributed by atoms with E-state index >= 15 is 0 Å². The Morgan fingerprint density at radius 2 is 1.57 bits per heavy atom. The second kappa shape index (κ2) is 10.1. The maximum Gasteiger partial charge on any atom is 0.221 e. The van der Waals surface area contributed by atoms with Crippen LogP contribution in [0.15, 0.2) is 72.8 Å². The molecule has 0 fully saturated rings. The lowest BCUT2D eigenvalue weighted by Crippen LogP contribution is -2.34. The summed E-state index contributed by atoms with van der Waals surface area (Å²) < 4.78 is 0. The van der Waals surface area contributed by atoms with Crippen LogP contribution < -0.4 is 5.32 Å². The van der Waals surface area contributed by atoms with E-state index in [1.807, 2.05) is 81.4 Å². The Bertz CT molecular complexity index is 967. The third-order valence-electron chi connectivity index (χ3n) is 5.82. The van der Waals surface area contributed by atoms with Crippen LogP contribution in [0, 0.1) is 13.8 Å². The van der Waals surface area contributed by atoms with Gasteiger partial charge in [-0.15, -0.1) is 0 Å². The second-order valence-corrected chi connectivity index (χ2v) is 8.11. The number of aromatic hydroxyl groups is 1. The predicted octanol–water partition coefficient (Wildman–Crippen LogP) is 5.67. The van der Waals surface area contributed by atoms with Crippen molar-refractivity contribution in [3.8, 4) is 5.75 Å². The Hall–Kier alpha value is -3.07. The number of hydrogen-bond donors (Lipinski definition) is 2. The van der Waals surface area contributed by atoms with Gasteiger partial charge in [0.05, 0.1) is 0 Å². The number of phenolic OH excluding ortho intramolecular Hbond substituents is 1. The van der Waals surface area contributed by atoms with Crippen molar-refractivity contribution in [3.63, 3.8) is 0 Å². The van der Waals surface area contributed by atoms with E-state index in [9.17, 15) is 9.90 Å². The van der Waals surface area contributed by atoms with E-state index in [0.29, 0.717) is 6.42 Å². The number of rotatable bonds is 8. The average molecular weight is 402 g/mol. The summed E-state index contributed by atoms with van der Waals surface area (Å²) in [5.74, 6) is 0.0997. The van der Waals surface area contributed by atoms with E-state index in [-0.39, 0.29) is 23.6 Å². The van der Waals surface area contributed by atoms with Crippen LogP contribution in [-0.2, 0) is 11.2 Å². The number of phenols is 1. The highest BCUT2D eigenvalue weighted by atomic mass is 16.3. The monoisotopic (exact) mass is 401 g/mol.